The lowest BCUT2D eigenvalue weighted by molar-refractivity contribution is -0.141. The summed E-state index contributed by atoms with van der Waals surface area (Å²) >= 11 is 3.84. The minimum Gasteiger partial charge on any atom is -0.491 e. The summed E-state index contributed by atoms with van der Waals surface area (Å²) in [7, 11) is 0. The Morgan fingerprint density at radius 1 is 1.36 bits per heavy atom. The lowest BCUT2D eigenvalue weighted by atomic mass is 9.80. The summed E-state index contributed by atoms with van der Waals surface area (Å²) < 4.78 is 10.4. The molecule has 124 valence electrons. The van der Waals surface area contributed by atoms with Crippen LogP contribution in [0.1, 0.15) is 31.9 Å². The first kappa shape index (κ1) is 18.8. The van der Waals surface area contributed by atoms with Crippen molar-refractivity contribution in [2.24, 2.45) is 5.41 Å². The molecule has 1 rings (SSSR count). The number of aliphatic hydroxyl groups excluding tert-OH is 2. The van der Waals surface area contributed by atoms with Gasteiger partial charge in [-0.05, 0) is 29.5 Å². The number of rotatable bonds is 9. The molecule has 0 radical (unpaired) electrons. The molecule has 0 aliphatic rings. The van der Waals surface area contributed by atoms with Crippen molar-refractivity contribution in [1.82, 2.24) is 0 Å². The van der Waals surface area contributed by atoms with Crippen molar-refractivity contribution < 1.29 is 24.5 Å². The summed E-state index contributed by atoms with van der Waals surface area (Å²) in [5.74, 6) is 0.281. The fraction of sp³-hybridized carbons (Fsp3) is 0.562. The van der Waals surface area contributed by atoms with E-state index in [-0.39, 0.29) is 31.5 Å². The zero-order valence-corrected chi connectivity index (χ0v) is 13.9. The summed E-state index contributed by atoms with van der Waals surface area (Å²) in [6, 6.07) is 7.13. The molecule has 0 aliphatic carbocycles. The minimum absolute atomic E-state index is 0.0488. The summed E-state index contributed by atoms with van der Waals surface area (Å²) in [5.41, 5.74) is 0.257. The van der Waals surface area contributed by atoms with E-state index in [1.165, 1.54) is 0 Å². The molecule has 0 aliphatic heterocycles. The van der Waals surface area contributed by atoms with Crippen molar-refractivity contribution in [3.63, 3.8) is 0 Å². The number of benzene rings is 1. The van der Waals surface area contributed by atoms with Crippen molar-refractivity contribution in [1.29, 1.82) is 0 Å². The van der Waals surface area contributed by atoms with Gasteiger partial charge in [0.05, 0.1) is 25.1 Å². The molecule has 0 aromatic heterocycles. The predicted molar refractivity (Wildman–Crippen MR) is 87.2 cm³/mol. The highest BCUT2D eigenvalue weighted by atomic mass is 32.1. The lowest BCUT2D eigenvalue weighted by Crippen LogP contribution is -2.25. The molecule has 6 heteroatoms. The number of esters is 1. The van der Waals surface area contributed by atoms with E-state index in [1.807, 2.05) is 19.9 Å². The second-order valence-electron chi connectivity index (χ2n) is 5.66. The van der Waals surface area contributed by atoms with Gasteiger partial charge in [-0.1, -0.05) is 26.0 Å². The molecule has 2 N–H and O–H groups in total. The van der Waals surface area contributed by atoms with E-state index in [0.29, 0.717) is 12.2 Å². The summed E-state index contributed by atoms with van der Waals surface area (Å²) in [6.07, 6.45) is -0.199. The van der Waals surface area contributed by atoms with Crippen LogP contribution >= 0.6 is 12.6 Å². The Kier molecular flexibility index (Phi) is 7.72. The Labute approximate surface area is 136 Å². The molecule has 0 heterocycles. The molecule has 0 spiro atoms. The second-order valence-corrected chi connectivity index (χ2v) is 5.98. The highest BCUT2D eigenvalue weighted by Gasteiger charge is 2.29. The van der Waals surface area contributed by atoms with Crippen molar-refractivity contribution in [2.75, 3.05) is 25.6 Å². The van der Waals surface area contributed by atoms with Crippen LogP contribution in [0.15, 0.2) is 24.3 Å². The van der Waals surface area contributed by atoms with Gasteiger partial charge in [-0.25, -0.2) is 0 Å². The normalized spacial score (nSPS) is 12.8. The molecule has 0 bridgehead atoms. The van der Waals surface area contributed by atoms with Crippen LogP contribution in [0.2, 0.25) is 0 Å². The Morgan fingerprint density at radius 3 is 2.73 bits per heavy atom. The molecule has 0 saturated heterocycles. The SMILES string of the molecule is CC(C)(CCOC(=O)CS)[C@H](O)c1cccc(OCCO)c1. The van der Waals surface area contributed by atoms with Crippen LogP contribution in [0.4, 0.5) is 0 Å². The van der Waals surface area contributed by atoms with E-state index < -0.39 is 11.5 Å². The Bertz CT molecular complexity index is 475. The van der Waals surface area contributed by atoms with Crippen molar-refractivity contribution in [2.45, 2.75) is 26.4 Å². The molecule has 0 fully saturated rings. The number of carbonyl (C=O) groups excluding carboxylic acids is 1. The zero-order valence-electron chi connectivity index (χ0n) is 13.0. The van der Waals surface area contributed by atoms with Crippen molar-refractivity contribution in [3.05, 3.63) is 29.8 Å². The number of hydrogen-bond donors (Lipinski definition) is 3. The van der Waals surface area contributed by atoms with Gasteiger partial charge in [-0.3, -0.25) is 4.79 Å². The van der Waals surface area contributed by atoms with Crippen LogP contribution in [0.3, 0.4) is 0 Å². The predicted octanol–water partition coefficient (Wildman–Crippen LogP) is 1.98. The highest BCUT2D eigenvalue weighted by Crippen LogP contribution is 2.37. The van der Waals surface area contributed by atoms with Gasteiger partial charge < -0.3 is 19.7 Å². The maximum absolute atomic E-state index is 11.1. The van der Waals surface area contributed by atoms with Gasteiger partial charge >= 0.3 is 5.97 Å². The molecule has 5 nitrogen and oxygen atoms in total. The first-order valence-electron chi connectivity index (χ1n) is 7.19. The largest absolute Gasteiger partial charge is 0.491 e. The number of aliphatic hydroxyl groups is 2. The van der Waals surface area contributed by atoms with Crippen LogP contribution in [0.25, 0.3) is 0 Å². The molecule has 0 unspecified atom stereocenters. The average Bonchev–Trinajstić information content (AvgIpc) is 2.52. The van der Waals surface area contributed by atoms with E-state index in [0.717, 1.165) is 5.56 Å². The van der Waals surface area contributed by atoms with Crippen LogP contribution in [-0.4, -0.2) is 41.8 Å². The number of carbonyl (C=O) groups is 1. The number of thiol groups is 1. The maximum Gasteiger partial charge on any atom is 0.315 e. The lowest BCUT2D eigenvalue weighted by Gasteiger charge is -2.30. The molecule has 1 aromatic rings. The van der Waals surface area contributed by atoms with Gasteiger partial charge in [-0.15, -0.1) is 0 Å². The minimum atomic E-state index is -0.722. The van der Waals surface area contributed by atoms with E-state index in [2.05, 4.69) is 12.6 Å². The fourth-order valence-corrected chi connectivity index (χ4v) is 2.09. The van der Waals surface area contributed by atoms with Gasteiger partial charge in [0.1, 0.15) is 12.4 Å². The smallest absolute Gasteiger partial charge is 0.315 e. The summed E-state index contributed by atoms with van der Waals surface area (Å²) in [5, 5.41) is 19.3. The third-order valence-electron chi connectivity index (χ3n) is 3.41. The standard InChI is InChI=1S/C16H24O5S/c1-16(2,6-8-21-14(18)11-22)15(19)12-4-3-5-13(10-12)20-9-7-17/h3-5,10,15,17,19,22H,6-9,11H2,1-2H3/t15-/m1/s1. The van der Waals surface area contributed by atoms with E-state index in [1.54, 1.807) is 18.2 Å². The third kappa shape index (κ3) is 5.87. The molecule has 1 aromatic carbocycles. The van der Waals surface area contributed by atoms with Gasteiger partial charge in [0, 0.05) is 0 Å². The molecule has 0 saturated carbocycles. The molecule has 0 amide bonds. The highest BCUT2D eigenvalue weighted by molar-refractivity contribution is 7.81. The Hall–Kier alpha value is -1.24. The summed E-state index contributed by atoms with van der Waals surface area (Å²) in [6.45, 7) is 4.21. The van der Waals surface area contributed by atoms with Gasteiger partial charge in [-0.2, -0.15) is 12.6 Å². The monoisotopic (exact) mass is 328 g/mol. The first-order valence-corrected chi connectivity index (χ1v) is 7.82. The van der Waals surface area contributed by atoms with Gasteiger partial charge in [0.15, 0.2) is 0 Å². The molecular weight excluding hydrogens is 304 g/mol. The van der Waals surface area contributed by atoms with Gasteiger partial charge in [0.2, 0.25) is 0 Å². The maximum atomic E-state index is 11.1. The average molecular weight is 328 g/mol. The van der Waals surface area contributed by atoms with Crippen LogP contribution < -0.4 is 4.74 Å². The second kappa shape index (κ2) is 9.02. The number of hydrogen-bond acceptors (Lipinski definition) is 6. The third-order valence-corrected chi connectivity index (χ3v) is 3.67. The topological polar surface area (TPSA) is 76.0 Å². The molecule has 22 heavy (non-hydrogen) atoms. The Morgan fingerprint density at radius 2 is 2.09 bits per heavy atom. The van der Waals surface area contributed by atoms with Crippen LogP contribution in [-0.2, 0) is 9.53 Å². The number of ether oxygens (including phenoxy) is 2. The van der Waals surface area contributed by atoms with E-state index in [4.69, 9.17) is 14.6 Å². The van der Waals surface area contributed by atoms with E-state index in [9.17, 15) is 9.90 Å². The summed E-state index contributed by atoms with van der Waals surface area (Å²) in [4.78, 5) is 11.1. The molecule has 1 atom stereocenters. The van der Waals surface area contributed by atoms with Crippen molar-refractivity contribution in [3.8, 4) is 5.75 Å². The van der Waals surface area contributed by atoms with Crippen LogP contribution in [0.5, 0.6) is 5.75 Å². The zero-order chi connectivity index (χ0) is 16.6. The van der Waals surface area contributed by atoms with Gasteiger partial charge in [0.25, 0.3) is 0 Å². The van der Waals surface area contributed by atoms with E-state index >= 15 is 0 Å². The molecular formula is C16H24O5S. The van der Waals surface area contributed by atoms with Crippen molar-refractivity contribution >= 4 is 18.6 Å². The first-order chi connectivity index (χ1) is 10.4. The fourth-order valence-electron chi connectivity index (χ4n) is 2.00. The quantitative estimate of drug-likeness (QED) is 0.477. The van der Waals surface area contributed by atoms with Crippen LogP contribution in [0, 0.1) is 5.41 Å². The Balaban J connectivity index is 2.67.